The van der Waals surface area contributed by atoms with Crippen molar-refractivity contribution in [2.45, 2.75) is 6.42 Å². The fourth-order valence-corrected chi connectivity index (χ4v) is 3.11. The van der Waals surface area contributed by atoms with Crippen LogP contribution in [-0.4, -0.2) is 25.8 Å². The highest BCUT2D eigenvalue weighted by molar-refractivity contribution is 7.93. The van der Waals surface area contributed by atoms with E-state index in [-0.39, 0.29) is 11.5 Å². The van der Waals surface area contributed by atoms with Gasteiger partial charge in [-0.2, -0.15) is 0 Å². The molecule has 0 saturated carbocycles. The molecule has 1 fully saturated rings. The standard InChI is InChI=1S/C9H11NO3S/c11-9-4-2-8(3-5-9)10-6-1-7-14(10,12)13/h2-5,11H,1,6-7H2. The summed E-state index contributed by atoms with van der Waals surface area (Å²) in [5, 5.41) is 9.06. The number of nitrogens with zero attached hydrogens (tertiary/aromatic N) is 1. The van der Waals surface area contributed by atoms with Crippen LogP contribution in [0.2, 0.25) is 0 Å². The molecule has 0 atom stereocenters. The molecule has 0 aliphatic carbocycles. The molecule has 2 rings (SSSR count). The molecule has 0 bridgehead atoms. The number of phenols is 1. The molecule has 1 aromatic carbocycles. The predicted molar refractivity (Wildman–Crippen MR) is 53.9 cm³/mol. The van der Waals surface area contributed by atoms with Crippen molar-refractivity contribution in [3.8, 4) is 5.75 Å². The van der Waals surface area contributed by atoms with E-state index in [0.717, 1.165) is 0 Å². The van der Waals surface area contributed by atoms with Crippen LogP contribution >= 0.6 is 0 Å². The fraction of sp³-hybridized carbons (Fsp3) is 0.333. The Hall–Kier alpha value is -1.23. The highest BCUT2D eigenvalue weighted by atomic mass is 32.2. The van der Waals surface area contributed by atoms with Crippen LogP contribution in [0.5, 0.6) is 5.75 Å². The molecule has 0 amide bonds. The van der Waals surface area contributed by atoms with Crippen molar-refractivity contribution in [2.75, 3.05) is 16.6 Å². The van der Waals surface area contributed by atoms with Crippen LogP contribution in [0, 0.1) is 0 Å². The Morgan fingerprint density at radius 1 is 1.21 bits per heavy atom. The fourth-order valence-electron chi connectivity index (χ4n) is 1.55. The van der Waals surface area contributed by atoms with Gasteiger partial charge in [0, 0.05) is 6.54 Å². The summed E-state index contributed by atoms with van der Waals surface area (Å²) in [5.41, 5.74) is 0.625. The predicted octanol–water partition coefficient (Wildman–Crippen LogP) is 0.932. The van der Waals surface area contributed by atoms with Crippen molar-refractivity contribution in [2.24, 2.45) is 0 Å². The number of phenolic OH excluding ortho intramolecular Hbond substituents is 1. The Morgan fingerprint density at radius 3 is 2.36 bits per heavy atom. The third-order valence-corrected chi connectivity index (χ3v) is 4.11. The highest BCUT2D eigenvalue weighted by Gasteiger charge is 2.28. The van der Waals surface area contributed by atoms with Crippen LogP contribution in [0.15, 0.2) is 24.3 Å². The van der Waals surface area contributed by atoms with Gasteiger partial charge in [-0.05, 0) is 30.7 Å². The number of aromatic hydroxyl groups is 1. The van der Waals surface area contributed by atoms with Crippen molar-refractivity contribution in [3.05, 3.63) is 24.3 Å². The van der Waals surface area contributed by atoms with Crippen LogP contribution in [-0.2, 0) is 10.0 Å². The molecule has 1 aliphatic heterocycles. The molecule has 14 heavy (non-hydrogen) atoms. The Bertz CT molecular complexity index is 424. The minimum absolute atomic E-state index is 0.144. The summed E-state index contributed by atoms with van der Waals surface area (Å²) in [6.07, 6.45) is 0.670. The highest BCUT2D eigenvalue weighted by Crippen LogP contribution is 2.25. The number of benzene rings is 1. The van der Waals surface area contributed by atoms with Gasteiger partial charge in [0.2, 0.25) is 10.0 Å². The maximum Gasteiger partial charge on any atom is 0.235 e. The summed E-state index contributed by atoms with van der Waals surface area (Å²) < 4.78 is 24.4. The Morgan fingerprint density at radius 2 is 1.86 bits per heavy atom. The Balaban J connectivity index is 2.36. The topological polar surface area (TPSA) is 57.6 Å². The van der Waals surface area contributed by atoms with E-state index >= 15 is 0 Å². The number of sulfonamides is 1. The minimum atomic E-state index is -3.10. The van der Waals surface area contributed by atoms with E-state index < -0.39 is 10.0 Å². The molecule has 1 aliphatic rings. The van der Waals surface area contributed by atoms with Gasteiger partial charge in [-0.1, -0.05) is 0 Å². The van der Waals surface area contributed by atoms with Crippen molar-refractivity contribution in [1.82, 2.24) is 0 Å². The molecule has 1 aromatic rings. The summed E-state index contributed by atoms with van der Waals surface area (Å²) in [4.78, 5) is 0. The Kier molecular flexibility index (Phi) is 2.11. The van der Waals surface area contributed by atoms with Crippen LogP contribution in [0.3, 0.4) is 0 Å². The number of rotatable bonds is 1. The molecule has 4 nitrogen and oxygen atoms in total. The first-order chi connectivity index (χ1) is 6.59. The lowest BCUT2D eigenvalue weighted by Gasteiger charge is -2.16. The summed E-state index contributed by atoms with van der Waals surface area (Å²) in [7, 11) is -3.10. The second-order valence-electron chi connectivity index (χ2n) is 3.26. The summed E-state index contributed by atoms with van der Waals surface area (Å²) in [6, 6.07) is 6.20. The van der Waals surface area contributed by atoms with E-state index in [2.05, 4.69) is 0 Å². The second-order valence-corrected chi connectivity index (χ2v) is 5.27. The van der Waals surface area contributed by atoms with Gasteiger partial charge in [-0.25, -0.2) is 8.42 Å². The zero-order chi connectivity index (χ0) is 10.2. The second kappa shape index (κ2) is 3.16. The lowest BCUT2D eigenvalue weighted by molar-refractivity contribution is 0.475. The lowest BCUT2D eigenvalue weighted by Crippen LogP contribution is -2.24. The maximum absolute atomic E-state index is 11.5. The van der Waals surface area contributed by atoms with E-state index in [1.165, 1.54) is 16.4 Å². The molecule has 0 aromatic heterocycles. The first-order valence-electron chi connectivity index (χ1n) is 4.39. The third kappa shape index (κ3) is 1.55. The molecule has 1 N–H and O–H groups in total. The van der Waals surface area contributed by atoms with E-state index in [0.29, 0.717) is 18.7 Å². The van der Waals surface area contributed by atoms with Crippen molar-refractivity contribution in [1.29, 1.82) is 0 Å². The van der Waals surface area contributed by atoms with Gasteiger partial charge in [0.15, 0.2) is 0 Å². The molecule has 76 valence electrons. The van der Waals surface area contributed by atoms with Crippen LogP contribution in [0.4, 0.5) is 5.69 Å². The number of hydrogen-bond donors (Lipinski definition) is 1. The van der Waals surface area contributed by atoms with Crippen LogP contribution in [0.25, 0.3) is 0 Å². The van der Waals surface area contributed by atoms with Crippen LogP contribution < -0.4 is 4.31 Å². The average molecular weight is 213 g/mol. The van der Waals surface area contributed by atoms with E-state index in [9.17, 15) is 8.42 Å². The Labute approximate surface area is 82.8 Å². The molecular weight excluding hydrogens is 202 g/mol. The van der Waals surface area contributed by atoms with Gasteiger partial charge in [0.1, 0.15) is 5.75 Å². The van der Waals surface area contributed by atoms with Gasteiger partial charge in [0.25, 0.3) is 0 Å². The minimum Gasteiger partial charge on any atom is -0.508 e. The molecular formula is C9H11NO3S. The average Bonchev–Trinajstić information content (AvgIpc) is 2.47. The van der Waals surface area contributed by atoms with Gasteiger partial charge >= 0.3 is 0 Å². The van der Waals surface area contributed by atoms with Crippen molar-refractivity contribution >= 4 is 15.7 Å². The molecule has 1 saturated heterocycles. The summed E-state index contributed by atoms with van der Waals surface area (Å²) in [6.45, 7) is 0.535. The number of anilines is 1. The van der Waals surface area contributed by atoms with Gasteiger partial charge in [-0.15, -0.1) is 0 Å². The SMILES string of the molecule is O=S1(=O)CCCN1c1ccc(O)cc1. The first-order valence-corrected chi connectivity index (χ1v) is 6.00. The van der Waals surface area contributed by atoms with Crippen molar-refractivity contribution < 1.29 is 13.5 Å². The zero-order valence-corrected chi connectivity index (χ0v) is 8.37. The summed E-state index contributed by atoms with van der Waals surface area (Å²) >= 11 is 0. The molecule has 1 heterocycles. The van der Waals surface area contributed by atoms with E-state index in [1.807, 2.05) is 0 Å². The zero-order valence-electron chi connectivity index (χ0n) is 7.55. The van der Waals surface area contributed by atoms with E-state index in [1.54, 1.807) is 12.1 Å². The molecule has 5 heteroatoms. The monoisotopic (exact) mass is 213 g/mol. The lowest BCUT2D eigenvalue weighted by atomic mass is 10.3. The normalized spacial score (nSPS) is 19.9. The quantitative estimate of drug-likeness (QED) is 0.755. The molecule has 0 radical (unpaired) electrons. The maximum atomic E-state index is 11.5. The molecule has 0 unspecified atom stereocenters. The van der Waals surface area contributed by atoms with Gasteiger partial charge < -0.3 is 5.11 Å². The van der Waals surface area contributed by atoms with Gasteiger partial charge in [-0.3, -0.25) is 4.31 Å². The van der Waals surface area contributed by atoms with Crippen LogP contribution in [0.1, 0.15) is 6.42 Å². The van der Waals surface area contributed by atoms with E-state index in [4.69, 9.17) is 5.11 Å². The van der Waals surface area contributed by atoms with Crippen molar-refractivity contribution in [3.63, 3.8) is 0 Å². The third-order valence-electron chi connectivity index (χ3n) is 2.24. The molecule has 0 spiro atoms. The number of hydrogen-bond acceptors (Lipinski definition) is 3. The first kappa shape index (κ1) is 9.33. The van der Waals surface area contributed by atoms with Gasteiger partial charge in [0.05, 0.1) is 11.4 Å². The smallest absolute Gasteiger partial charge is 0.235 e. The largest absolute Gasteiger partial charge is 0.508 e. The summed E-state index contributed by atoms with van der Waals surface area (Å²) in [5.74, 6) is 0.360.